The minimum Gasteiger partial charge on any atom is -0.244 e. The second kappa shape index (κ2) is 2.66. The summed E-state index contributed by atoms with van der Waals surface area (Å²) in [6, 6.07) is 0. The van der Waals surface area contributed by atoms with E-state index in [9.17, 15) is 0 Å². The molecule has 5 heteroatoms. The lowest BCUT2D eigenvalue weighted by Crippen LogP contribution is -2.21. The van der Waals surface area contributed by atoms with Crippen molar-refractivity contribution in [3.8, 4) is 0 Å². The topological polar surface area (TPSA) is 68.8 Å². The first kappa shape index (κ1) is 7.01. The van der Waals surface area contributed by atoms with Crippen molar-refractivity contribution in [3.05, 3.63) is 11.9 Å². The zero-order valence-electron chi connectivity index (χ0n) is 6.07. The lowest BCUT2D eigenvalue weighted by atomic mass is 10.2. The van der Waals surface area contributed by atoms with Crippen LogP contribution < -0.4 is 11.4 Å². The summed E-state index contributed by atoms with van der Waals surface area (Å²) in [5.74, 6) is 5.46. The molecule has 0 radical (unpaired) electrons. The number of rotatable bonds is 2. The van der Waals surface area contributed by atoms with Crippen LogP contribution in [0.4, 0.5) is 0 Å². The zero-order chi connectivity index (χ0) is 7.56. The highest BCUT2D eigenvalue weighted by Gasteiger charge is 2.02. The van der Waals surface area contributed by atoms with Crippen LogP contribution in [-0.2, 0) is 0 Å². The Morgan fingerprint density at radius 1 is 1.70 bits per heavy atom. The Morgan fingerprint density at radius 2 is 2.40 bits per heavy atom. The van der Waals surface area contributed by atoms with E-state index in [4.69, 9.17) is 5.84 Å². The van der Waals surface area contributed by atoms with Gasteiger partial charge in [0.25, 0.3) is 0 Å². The van der Waals surface area contributed by atoms with Crippen molar-refractivity contribution < 1.29 is 0 Å². The lowest BCUT2D eigenvalue weighted by Gasteiger charge is -1.95. The van der Waals surface area contributed by atoms with Crippen LogP contribution in [0, 0.1) is 0 Å². The molecule has 0 unspecified atom stereocenters. The third-order valence-electron chi connectivity index (χ3n) is 1.23. The number of hydrazine groups is 1. The summed E-state index contributed by atoms with van der Waals surface area (Å²) < 4.78 is 0. The predicted molar refractivity (Wildman–Crippen MR) is 37.7 cm³/mol. The molecule has 1 rings (SSSR count). The normalized spacial score (nSPS) is 10.4. The van der Waals surface area contributed by atoms with Gasteiger partial charge in [-0.15, -0.1) is 5.10 Å². The Balaban J connectivity index is 2.78. The number of nitrogens with two attached hydrogens (primary N) is 1. The van der Waals surface area contributed by atoms with Crippen LogP contribution in [0.15, 0.2) is 6.20 Å². The summed E-state index contributed by atoms with van der Waals surface area (Å²) >= 11 is 0. The maximum Gasteiger partial charge on any atom is 0.0875 e. The molecule has 0 aliphatic heterocycles. The lowest BCUT2D eigenvalue weighted by molar-refractivity contribution is 0.703. The molecular weight excluding hydrogens is 130 g/mol. The quantitative estimate of drug-likeness (QED) is 0.443. The molecule has 1 heterocycles. The van der Waals surface area contributed by atoms with E-state index in [0.29, 0.717) is 5.92 Å². The molecule has 0 spiro atoms. The van der Waals surface area contributed by atoms with Crippen LogP contribution in [0.25, 0.3) is 0 Å². The van der Waals surface area contributed by atoms with E-state index in [1.54, 1.807) is 6.20 Å². The molecule has 56 valence electrons. The highest BCUT2D eigenvalue weighted by Crippen LogP contribution is 2.07. The molecule has 5 nitrogen and oxygen atoms in total. The van der Waals surface area contributed by atoms with Gasteiger partial charge in [-0.2, -0.15) is 4.79 Å². The fourth-order valence-corrected chi connectivity index (χ4v) is 0.604. The Bertz CT molecular complexity index is 204. The van der Waals surface area contributed by atoms with E-state index in [-0.39, 0.29) is 0 Å². The first-order chi connectivity index (χ1) is 4.74. The predicted octanol–water partition coefficient (Wildman–Crippen LogP) is -0.181. The van der Waals surface area contributed by atoms with Gasteiger partial charge >= 0.3 is 0 Å². The van der Waals surface area contributed by atoms with E-state index in [2.05, 4.69) is 15.8 Å². The van der Waals surface area contributed by atoms with E-state index < -0.39 is 0 Å². The van der Waals surface area contributed by atoms with Crippen molar-refractivity contribution in [2.24, 2.45) is 5.84 Å². The molecule has 0 saturated carbocycles. The highest BCUT2D eigenvalue weighted by atomic mass is 15.7. The summed E-state index contributed by atoms with van der Waals surface area (Å²) in [5.41, 5.74) is 3.27. The minimum absolute atomic E-state index is 0.391. The summed E-state index contributed by atoms with van der Waals surface area (Å²) in [5, 5.41) is 7.54. The Kier molecular flexibility index (Phi) is 1.86. The fourth-order valence-electron chi connectivity index (χ4n) is 0.604. The molecule has 0 aliphatic carbocycles. The van der Waals surface area contributed by atoms with Crippen LogP contribution in [-0.4, -0.2) is 15.1 Å². The largest absolute Gasteiger partial charge is 0.244 e. The number of nitrogen functional groups attached to an aromatic ring is 1. The van der Waals surface area contributed by atoms with Crippen LogP contribution in [0.5, 0.6) is 0 Å². The molecule has 0 amide bonds. The van der Waals surface area contributed by atoms with E-state index in [1.165, 1.54) is 4.79 Å². The average molecular weight is 141 g/mol. The van der Waals surface area contributed by atoms with Crippen molar-refractivity contribution in [1.29, 1.82) is 0 Å². The highest BCUT2D eigenvalue weighted by molar-refractivity contribution is 4.98. The van der Waals surface area contributed by atoms with Gasteiger partial charge in [0.05, 0.1) is 11.9 Å². The summed E-state index contributed by atoms with van der Waals surface area (Å²) in [6.45, 7) is 4.09. The standard InChI is InChI=1S/C5H11N5/c1-4(2)5-3-10(8-6)9-7-5/h3-4,8H,6H2,1-2H3. The summed E-state index contributed by atoms with van der Waals surface area (Å²) in [4.78, 5) is 1.37. The van der Waals surface area contributed by atoms with Crippen LogP contribution >= 0.6 is 0 Å². The van der Waals surface area contributed by atoms with Gasteiger partial charge in [0.1, 0.15) is 0 Å². The molecule has 0 bridgehead atoms. The number of hydrogen-bond donors (Lipinski definition) is 2. The molecular formula is C5H11N5. The zero-order valence-corrected chi connectivity index (χ0v) is 6.07. The van der Waals surface area contributed by atoms with E-state index in [0.717, 1.165) is 5.69 Å². The van der Waals surface area contributed by atoms with Gasteiger partial charge in [0.2, 0.25) is 0 Å². The maximum atomic E-state index is 5.07. The van der Waals surface area contributed by atoms with Gasteiger partial charge < -0.3 is 0 Å². The molecule has 0 atom stereocenters. The molecule has 0 fully saturated rings. The Labute approximate surface area is 59.2 Å². The van der Waals surface area contributed by atoms with E-state index in [1.807, 2.05) is 13.8 Å². The summed E-state index contributed by atoms with van der Waals surface area (Å²) in [7, 11) is 0. The molecule has 1 aromatic heterocycles. The van der Waals surface area contributed by atoms with Gasteiger partial charge in [0.15, 0.2) is 0 Å². The van der Waals surface area contributed by atoms with Gasteiger partial charge in [-0.3, -0.25) is 0 Å². The first-order valence-corrected chi connectivity index (χ1v) is 3.13. The van der Waals surface area contributed by atoms with Crippen molar-refractivity contribution in [2.45, 2.75) is 19.8 Å². The van der Waals surface area contributed by atoms with Gasteiger partial charge in [0, 0.05) is 0 Å². The molecule has 3 N–H and O–H groups in total. The van der Waals surface area contributed by atoms with Crippen molar-refractivity contribution in [1.82, 2.24) is 15.1 Å². The summed E-state index contributed by atoms with van der Waals surface area (Å²) in [6.07, 6.45) is 1.75. The van der Waals surface area contributed by atoms with Crippen LogP contribution in [0.2, 0.25) is 0 Å². The number of nitrogens with zero attached hydrogens (tertiary/aromatic N) is 3. The number of hydrogen-bond acceptors (Lipinski definition) is 4. The maximum absolute atomic E-state index is 5.07. The van der Waals surface area contributed by atoms with Crippen molar-refractivity contribution >= 4 is 0 Å². The molecule has 0 aliphatic rings. The Hall–Kier alpha value is -1.10. The van der Waals surface area contributed by atoms with Gasteiger partial charge in [-0.25, -0.2) is 11.4 Å². The van der Waals surface area contributed by atoms with Crippen LogP contribution in [0.1, 0.15) is 25.5 Å². The van der Waals surface area contributed by atoms with Gasteiger partial charge in [-0.1, -0.05) is 13.8 Å². The van der Waals surface area contributed by atoms with E-state index >= 15 is 0 Å². The SMILES string of the molecule is CC(C)c1cn(NN)nn1. The monoisotopic (exact) mass is 141 g/mol. The second-order valence-corrected chi connectivity index (χ2v) is 2.37. The van der Waals surface area contributed by atoms with Crippen molar-refractivity contribution in [2.75, 3.05) is 5.53 Å². The molecule has 10 heavy (non-hydrogen) atoms. The smallest absolute Gasteiger partial charge is 0.0875 e. The minimum atomic E-state index is 0.391. The third kappa shape index (κ3) is 1.24. The van der Waals surface area contributed by atoms with Crippen LogP contribution in [0.3, 0.4) is 0 Å². The first-order valence-electron chi connectivity index (χ1n) is 3.13. The molecule has 0 aromatic carbocycles. The number of aromatic nitrogens is 3. The fraction of sp³-hybridized carbons (Fsp3) is 0.600. The second-order valence-electron chi connectivity index (χ2n) is 2.37. The Morgan fingerprint density at radius 3 is 2.70 bits per heavy atom. The van der Waals surface area contributed by atoms with Gasteiger partial charge in [-0.05, 0) is 11.1 Å². The van der Waals surface area contributed by atoms with Crippen molar-refractivity contribution in [3.63, 3.8) is 0 Å². The molecule has 1 aromatic rings. The number of nitrogens with one attached hydrogen (secondary N) is 1. The molecule has 0 saturated heterocycles. The average Bonchev–Trinajstić information content (AvgIpc) is 2.34. The third-order valence-corrected chi connectivity index (χ3v) is 1.23.